The number of hydrogen-bond donors (Lipinski definition) is 3. The lowest BCUT2D eigenvalue weighted by molar-refractivity contribution is -0.141. The zero-order valence-corrected chi connectivity index (χ0v) is 14.7. The van der Waals surface area contributed by atoms with E-state index >= 15 is 0 Å². The van der Waals surface area contributed by atoms with E-state index in [1.54, 1.807) is 0 Å². The van der Waals surface area contributed by atoms with Crippen molar-refractivity contribution in [3.8, 4) is 11.5 Å². The molecule has 9 heteroatoms. The molecule has 8 nitrogen and oxygen atoms in total. The number of imide groups is 1. The quantitative estimate of drug-likeness (QED) is 0.682. The number of nitrogens with one attached hydrogen (secondary N) is 3. The van der Waals surface area contributed by atoms with Gasteiger partial charge in [0.1, 0.15) is 11.5 Å². The van der Waals surface area contributed by atoms with Gasteiger partial charge in [-0.05, 0) is 25.9 Å². The number of carbonyl (C=O) groups excluding carboxylic acids is 3. The van der Waals surface area contributed by atoms with Crippen LogP contribution in [0.2, 0.25) is 5.02 Å². The minimum absolute atomic E-state index is 0.207. The Labute approximate surface area is 150 Å². The van der Waals surface area contributed by atoms with Gasteiger partial charge in [-0.25, -0.2) is 0 Å². The minimum Gasteiger partial charge on any atom is -0.495 e. The highest BCUT2D eigenvalue weighted by atomic mass is 35.5. The average molecular weight is 370 g/mol. The predicted octanol–water partition coefficient (Wildman–Crippen LogP) is 0.938. The first-order valence-corrected chi connectivity index (χ1v) is 8.12. The molecule has 0 atom stereocenters. The molecule has 1 aromatic rings. The summed E-state index contributed by atoms with van der Waals surface area (Å²) < 4.78 is 10.2. The Morgan fingerprint density at radius 3 is 2.32 bits per heavy atom. The molecule has 25 heavy (non-hydrogen) atoms. The number of anilines is 1. The molecule has 3 amide bonds. The van der Waals surface area contributed by atoms with Gasteiger partial charge in [-0.2, -0.15) is 0 Å². The number of ether oxygens (including phenoxy) is 2. The van der Waals surface area contributed by atoms with Crippen molar-refractivity contribution in [2.75, 3.05) is 32.6 Å². The Morgan fingerprint density at radius 1 is 1.08 bits per heavy atom. The second-order valence-corrected chi connectivity index (χ2v) is 5.89. The second-order valence-electron chi connectivity index (χ2n) is 5.48. The fraction of sp³-hybridized carbons (Fsp3) is 0.438. The summed E-state index contributed by atoms with van der Waals surface area (Å²) in [5, 5.41) is 7.94. The van der Waals surface area contributed by atoms with Crippen LogP contribution in [0.4, 0.5) is 5.69 Å². The van der Waals surface area contributed by atoms with Gasteiger partial charge in [0.2, 0.25) is 5.91 Å². The first-order chi connectivity index (χ1) is 12.0. The van der Waals surface area contributed by atoms with E-state index in [0.29, 0.717) is 36.7 Å². The van der Waals surface area contributed by atoms with Gasteiger partial charge in [0, 0.05) is 18.1 Å². The third-order valence-corrected chi connectivity index (χ3v) is 4.17. The molecule has 0 aliphatic carbocycles. The van der Waals surface area contributed by atoms with Crippen molar-refractivity contribution in [1.82, 2.24) is 10.6 Å². The normalized spacial score (nSPS) is 14.5. The van der Waals surface area contributed by atoms with E-state index in [0.717, 1.165) is 0 Å². The van der Waals surface area contributed by atoms with Crippen molar-refractivity contribution in [2.45, 2.75) is 12.8 Å². The van der Waals surface area contributed by atoms with Crippen LogP contribution in [0.1, 0.15) is 12.8 Å². The van der Waals surface area contributed by atoms with E-state index < -0.39 is 17.7 Å². The van der Waals surface area contributed by atoms with Crippen LogP contribution in [0.15, 0.2) is 12.1 Å². The standard InChI is InChI=1S/C16H20ClN3O5/c1-24-12-8-11(13(25-2)7-10(12)17)19-15(22)16(23)20-14(21)9-3-5-18-6-4-9/h7-9,18H,3-6H2,1-2H3,(H,19,22)(H,20,21,23). The molecule has 0 spiro atoms. The van der Waals surface area contributed by atoms with Gasteiger partial charge >= 0.3 is 11.8 Å². The average Bonchev–Trinajstić information content (AvgIpc) is 2.63. The van der Waals surface area contributed by atoms with E-state index in [1.165, 1.54) is 26.4 Å². The number of benzene rings is 1. The van der Waals surface area contributed by atoms with Gasteiger partial charge in [-0.15, -0.1) is 0 Å². The molecule has 1 aliphatic heterocycles. The Hall–Kier alpha value is -2.32. The topological polar surface area (TPSA) is 106 Å². The molecule has 0 saturated carbocycles. The van der Waals surface area contributed by atoms with Crippen molar-refractivity contribution in [2.24, 2.45) is 5.92 Å². The van der Waals surface area contributed by atoms with Gasteiger partial charge in [0.05, 0.1) is 24.9 Å². The molecule has 1 saturated heterocycles. The lowest BCUT2D eigenvalue weighted by Crippen LogP contribution is -2.44. The van der Waals surface area contributed by atoms with E-state index in [9.17, 15) is 14.4 Å². The molecule has 2 rings (SSSR count). The largest absolute Gasteiger partial charge is 0.495 e. The van der Waals surface area contributed by atoms with E-state index in [4.69, 9.17) is 21.1 Å². The first-order valence-electron chi connectivity index (χ1n) is 7.74. The van der Waals surface area contributed by atoms with Crippen molar-refractivity contribution in [3.05, 3.63) is 17.2 Å². The molecule has 1 aliphatic rings. The number of methoxy groups -OCH3 is 2. The third kappa shape index (κ3) is 4.83. The zero-order valence-electron chi connectivity index (χ0n) is 14.0. The van der Waals surface area contributed by atoms with Crippen LogP contribution in [0, 0.1) is 5.92 Å². The summed E-state index contributed by atoms with van der Waals surface area (Å²) in [6.07, 6.45) is 1.26. The van der Waals surface area contributed by atoms with Crippen LogP contribution in [0.3, 0.4) is 0 Å². The smallest absolute Gasteiger partial charge is 0.316 e. The highest BCUT2D eigenvalue weighted by Gasteiger charge is 2.25. The van der Waals surface area contributed by atoms with Gasteiger partial charge in [0.15, 0.2) is 0 Å². The lowest BCUT2D eigenvalue weighted by Gasteiger charge is -2.21. The van der Waals surface area contributed by atoms with Crippen LogP contribution in [-0.4, -0.2) is 45.0 Å². The Balaban J connectivity index is 2.03. The maximum atomic E-state index is 12.1. The molecule has 3 N–H and O–H groups in total. The summed E-state index contributed by atoms with van der Waals surface area (Å²) in [4.78, 5) is 36.1. The van der Waals surface area contributed by atoms with Crippen LogP contribution >= 0.6 is 11.6 Å². The molecule has 1 fully saturated rings. The summed E-state index contributed by atoms with van der Waals surface area (Å²) in [7, 11) is 2.82. The van der Waals surface area contributed by atoms with E-state index in [2.05, 4.69) is 16.0 Å². The molecule has 0 unspecified atom stereocenters. The Morgan fingerprint density at radius 2 is 1.72 bits per heavy atom. The minimum atomic E-state index is -1.03. The Kier molecular flexibility index (Phi) is 6.60. The first kappa shape index (κ1) is 19.0. The fourth-order valence-corrected chi connectivity index (χ4v) is 2.72. The monoisotopic (exact) mass is 369 g/mol. The molecule has 136 valence electrons. The zero-order chi connectivity index (χ0) is 18.4. The van der Waals surface area contributed by atoms with Gasteiger partial charge in [-0.3, -0.25) is 19.7 Å². The molecular formula is C16H20ClN3O5. The van der Waals surface area contributed by atoms with Crippen LogP contribution in [-0.2, 0) is 14.4 Å². The fourth-order valence-electron chi connectivity index (χ4n) is 2.49. The molecule has 1 aromatic carbocycles. The molecule has 0 bridgehead atoms. The van der Waals surface area contributed by atoms with Crippen molar-refractivity contribution < 1.29 is 23.9 Å². The number of amides is 3. The summed E-state index contributed by atoms with van der Waals surface area (Å²) >= 11 is 5.99. The van der Waals surface area contributed by atoms with Crippen molar-refractivity contribution >= 4 is 35.0 Å². The van der Waals surface area contributed by atoms with Crippen molar-refractivity contribution in [1.29, 1.82) is 0 Å². The Bertz CT molecular complexity index is 674. The molecule has 0 aromatic heterocycles. The van der Waals surface area contributed by atoms with Gasteiger partial charge < -0.3 is 20.1 Å². The second kappa shape index (κ2) is 8.68. The molecular weight excluding hydrogens is 350 g/mol. The summed E-state index contributed by atoms with van der Waals surface area (Å²) in [5.41, 5.74) is 0.207. The highest BCUT2D eigenvalue weighted by molar-refractivity contribution is 6.42. The van der Waals surface area contributed by atoms with Crippen molar-refractivity contribution in [3.63, 3.8) is 0 Å². The number of rotatable bonds is 4. The summed E-state index contributed by atoms with van der Waals surface area (Å²) in [6.45, 7) is 1.42. The number of carbonyl (C=O) groups is 3. The summed E-state index contributed by atoms with van der Waals surface area (Å²) in [6, 6.07) is 2.88. The van der Waals surface area contributed by atoms with Crippen LogP contribution in [0.5, 0.6) is 11.5 Å². The van der Waals surface area contributed by atoms with E-state index in [1.807, 2.05) is 0 Å². The van der Waals surface area contributed by atoms with Crippen LogP contribution in [0.25, 0.3) is 0 Å². The summed E-state index contributed by atoms with van der Waals surface area (Å²) in [5.74, 6) is -2.16. The number of piperidine rings is 1. The van der Waals surface area contributed by atoms with Crippen LogP contribution < -0.4 is 25.4 Å². The molecule has 0 radical (unpaired) electrons. The number of hydrogen-bond acceptors (Lipinski definition) is 6. The maximum absolute atomic E-state index is 12.1. The molecule has 1 heterocycles. The lowest BCUT2D eigenvalue weighted by atomic mass is 9.97. The third-order valence-electron chi connectivity index (χ3n) is 3.88. The van der Waals surface area contributed by atoms with Gasteiger partial charge in [0.25, 0.3) is 0 Å². The predicted molar refractivity (Wildman–Crippen MR) is 91.9 cm³/mol. The van der Waals surface area contributed by atoms with Gasteiger partial charge in [-0.1, -0.05) is 11.6 Å². The SMILES string of the molecule is COc1cc(NC(=O)C(=O)NC(=O)C2CCNCC2)c(OC)cc1Cl. The highest BCUT2D eigenvalue weighted by Crippen LogP contribution is 2.35. The maximum Gasteiger partial charge on any atom is 0.316 e. The number of halogens is 1. The van der Waals surface area contributed by atoms with E-state index in [-0.39, 0.29) is 17.4 Å².